The number of benzene rings is 1. The van der Waals surface area contributed by atoms with Gasteiger partial charge in [-0.25, -0.2) is 14.2 Å². The van der Waals surface area contributed by atoms with Gasteiger partial charge in [0.25, 0.3) is 0 Å². The molecule has 0 aliphatic heterocycles. The van der Waals surface area contributed by atoms with Gasteiger partial charge < -0.3 is 9.84 Å². The van der Waals surface area contributed by atoms with Gasteiger partial charge in [0.1, 0.15) is 23.0 Å². The van der Waals surface area contributed by atoms with E-state index in [-0.39, 0.29) is 17.0 Å². The molecule has 1 aromatic carbocycles. The number of ether oxygens (including phenoxy) is 1. The van der Waals surface area contributed by atoms with Gasteiger partial charge in [-0.2, -0.15) is 0 Å². The average molecular weight is 247 g/mol. The molecule has 0 bridgehead atoms. The van der Waals surface area contributed by atoms with Crippen LogP contribution in [0.25, 0.3) is 11.3 Å². The quantitative estimate of drug-likeness (QED) is 0.905. The van der Waals surface area contributed by atoms with Crippen LogP contribution in [-0.2, 0) is 0 Å². The predicted molar refractivity (Wildman–Crippen MR) is 63.1 cm³/mol. The van der Waals surface area contributed by atoms with Gasteiger partial charge in [-0.1, -0.05) is 12.1 Å². The monoisotopic (exact) mass is 247 g/mol. The van der Waals surface area contributed by atoms with Gasteiger partial charge in [0, 0.05) is 5.56 Å². The average Bonchev–Trinajstić information content (AvgIpc) is 2.38. The van der Waals surface area contributed by atoms with E-state index in [0.717, 1.165) is 0 Å². The Balaban J connectivity index is 2.64. The second-order valence-corrected chi connectivity index (χ2v) is 3.53. The van der Waals surface area contributed by atoms with Crippen LogP contribution in [0.2, 0.25) is 0 Å². The topological polar surface area (TPSA) is 59.4 Å². The van der Waals surface area contributed by atoms with E-state index >= 15 is 0 Å². The van der Waals surface area contributed by atoms with E-state index in [1.165, 1.54) is 31.4 Å². The number of carbonyl (C=O) groups is 1. The van der Waals surface area contributed by atoms with Crippen LogP contribution < -0.4 is 4.74 Å². The molecule has 0 aliphatic rings. The minimum absolute atomic E-state index is 0.158. The Morgan fingerprint density at radius 1 is 1.28 bits per heavy atom. The summed E-state index contributed by atoms with van der Waals surface area (Å²) in [5.74, 6) is -1.33. The van der Waals surface area contributed by atoms with Gasteiger partial charge in [-0.3, -0.25) is 0 Å². The molecule has 0 amide bonds. The predicted octanol–water partition coefficient (Wildman–Crippen LogP) is 2.59. The number of carboxylic acids is 1. The Morgan fingerprint density at radius 2 is 2.00 bits per heavy atom. The van der Waals surface area contributed by atoms with Crippen LogP contribution in [0.3, 0.4) is 0 Å². The highest BCUT2D eigenvalue weighted by Gasteiger charge is 2.15. The smallest absolute Gasteiger partial charge is 0.354 e. The molecule has 4 nitrogen and oxygen atoms in total. The fourth-order valence-corrected chi connectivity index (χ4v) is 1.58. The summed E-state index contributed by atoms with van der Waals surface area (Å²) < 4.78 is 18.7. The van der Waals surface area contributed by atoms with Crippen LogP contribution in [-0.4, -0.2) is 23.2 Å². The molecule has 0 saturated heterocycles. The summed E-state index contributed by atoms with van der Waals surface area (Å²) in [6, 6.07) is 8.76. The lowest BCUT2D eigenvalue weighted by Gasteiger charge is -2.09. The number of rotatable bonds is 3. The summed E-state index contributed by atoms with van der Waals surface area (Å²) in [7, 11) is 1.42. The third-order valence-corrected chi connectivity index (χ3v) is 2.43. The number of hydrogen-bond acceptors (Lipinski definition) is 3. The van der Waals surface area contributed by atoms with Gasteiger partial charge in [0.2, 0.25) is 0 Å². The zero-order chi connectivity index (χ0) is 13.1. The van der Waals surface area contributed by atoms with Gasteiger partial charge in [-0.05, 0) is 24.3 Å². The summed E-state index contributed by atoms with van der Waals surface area (Å²) in [5, 5.41) is 8.89. The largest absolute Gasteiger partial charge is 0.494 e. The summed E-state index contributed by atoms with van der Waals surface area (Å²) in [6.45, 7) is 0. The van der Waals surface area contributed by atoms with E-state index in [9.17, 15) is 9.18 Å². The highest BCUT2D eigenvalue weighted by molar-refractivity contribution is 5.86. The Bertz CT molecular complexity index is 599. The SMILES string of the molecule is COc1ccc(C(=O)O)nc1-c1ccccc1F. The third-order valence-electron chi connectivity index (χ3n) is 2.43. The lowest BCUT2D eigenvalue weighted by Crippen LogP contribution is -2.03. The van der Waals surface area contributed by atoms with Crippen molar-refractivity contribution in [3.05, 3.63) is 47.9 Å². The molecule has 0 aliphatic carbocycles. The van der Waals surface area contributed by atoms with Crippen molar-refractivity contribution in [2.75, 3.05) is 7.11 Å². The zero-order valence-electron chi connectivity index (χ0n) is 9.55. The molecule has 1 N–H and O–H groups in total. The highest BCUT2D eigenvalue weighted by Crippen LogP contribution is 2.29. The number of pyridine rings is 1. The van der Waals surface area contributed by atoms with Crippen molar-refractivity contribution in [3.8, 4) is 17.0 Å². The van der Waals surface area contributed by atoms with Crippen molar-refractivity contribution < 1.29 is 19.0 Å². The van der Waals surface area contributed by atoms with Gasteiger partial charge in [0.05, 0.1) is 7.11 Å². The maximum absolute atomic E-state index is 13.7. The highest BCUT2D eigenvalue weighted by atomic mass is 19.1. The standard InChI is InChI=1S/C13H10FNO3/c1-18-11-7-6-10(13(16)17)15-12(11)8-4-2-3-5-9(8)14/h2-7H,1H3,(H,16,17). The lowest BCUT2D eigenvalue weighted by atomic mass is 10.1. The fraction of sp³-hybridized carbons (Fsp3) is 0.0769. The summed E-state index contributed by atoms with van der Waals surface area (Å²) in [5.41, 5.74) is 0.224. The second-order valence-electron chi connectivity index (χ2n) is 3.53. The van der Waals surface area contributed by atoms with Crippen molar-refractivity contribution >= 4 is 5.97 Å². The molecule has 0 fully saturated rings. The molecule has 5 heteroatoms. The van der Waals surface area contributed by atoms with Crippen molar-refractivity contribution in [1.82, 2.24) is 4.98 Å². The molecule has 2 rings (SSSR count). The van der Waals surface area contributed by atoms with Crippen LogP contribution >= 0.6 is 0 Å². The van der Waals surface area contributed by atoms with Crippen LogP contribution in [0, 0.1) is 5.82 Å². The molecule has 0 spiro atoms. The Morgan fingerprint density at radius 3 is 2.61 bits per heavy atom. The summed E-state index contributed by atoms with van der Waals surface area (Å²) in [4.78, 5) is 14.8. The molecule has 0 radical (unpaired) electrons. The number of nitrogens with zero attached hydrogens (tertiary/aromatic N) is 1. The summed E-state index contributed by atoms with van der Waals surface area (Å²) in [6.07, 6.45) is 0. The first-order chi connectivity index (χ1) is 8.63. The van der Waals surface area contributed by atoms with Crippen LogP contribution in [0.4, 0.5) is 4.39 Å². The third kappa shape index (κ3) is 2.15. The molecular formula is C13H10FNO3. The van der Waals surface area contributed by atoms with E-state index < -0.39 is 11.8 Å². The van der Waals surface area contributed by atoms with Gasteiger partial charge in [0.15, 0.2) is 0 Å². The second kappa shape index (κ2) is 4.83. The van der Waals surface area contributed by atoms with Crippen molar-refractivity contribution in [2.45, 2.75) is 0 Å². The Hall–Kier alpha value is -2.43. The van der Waals surface area contributed by atoms with E-state index in [4.69, 9.17) is 9.84 Å². The number of aromatic carboxylic acids is 1. The van der Waals surface area contributed by atoms with E-state index in [0.29, 0.717) is 5.75 Å². The number of hydrogen-bond donors (Lipinski definition) is 1. The normalized spacial score (nSPS) is 10.1. The molecule has 92 valence electrons. The van der Waals surface area contributed by atoms with E-state index in [2.05, 4.69) is 4.98 Å². The first-order valence-corrected chi connectivity index (χ1v) is 5.16. The van der Waals surface area contributed by atoms with Crippen LogP contribution in [0.1, 0.15) is 10.5 Å². The molecule has 2 aromatic rings. The number of methoxy groups -OCH3 is 1. The maximum atomic E-state index is 13.7. The molecule has 0 atom stereocenters. The van der Waals surface area contributed by atoms with Crippen molar-refractivity contribution in [3.63, 3.8) is 0 Å². The number of aromatic nitrogens is 1. The molecule has 1 aromatic heterocycles. The van der Waals surface area contributed by atoms with E-state index in [1.54, 1.807) is 12.1 Å². The fourth-order valence-electron chi connectivity index (χ4n) is 1.58. The number of carboxylic acid groups (broad SMARTS) is 1. The molecule has 1 heterocycles. The van der Waals surface area contributed by atoms with Gasteiger partial charge in [-0.15, -0.1) is 0 Å². The van der Waals surface area contributed by atoms with Crippen molar-refractivity contribution in [1.29, 1.82) is 0 Å². The number of halogens is 1. The molecule has 18 heavy (non-hydrogen) atoms. The van der Waals surface area contributed by atoms with Crippen LogP contribution in [0.15, 0.2) is 36.4 Å². The minimum atomic E-state index is -1.17. The van der Waals surface area contributed by atoms with E-state index in [1.807, 2.05) is 0 Å². The molecule has 0 saturated carbocycles. The first kappa shape index (κ1) is 12.0. The van der Waals surface area contributed by atoms with Crippen molar-refractivity contribution in [2.24, 2.45) is 0 Å². The van der Waals surface area contributed by atoms with Crippen LogP contribution in [0.5, 0.6) is 5.75 Å². The van der Waals surface area contributed by atoms with Gasteiger partial charge >= 0.3 is 5.97 Å². The minimum Gasteiger partial charge on any atom is -0.494 e. The Labute approximate surface area is 103 Å². The summed E-state index contributed by atoms with van der Waals surface area (Å²) >= 11 is 0. The molecular weight excluding hydrogens is 237 g/mol. The molecule has 0 unspecified atom stereocenters. The Kier molecular flexibility index (Phi) is 3.23. The zero-order valence-corrected chi connectivity index (χ0v) is 9.55. The first-order valence-electron chi connectivity index (χ1n) is 5.16. The maximum Gasteiger partial charge on any atom is 0.354 e. The lowest BCUT2D eigenvalue weighted by molar-refractivity contribution is 0.0690.